The Morgan fingerprint density at radius 3 is 1.88 bits per heavy atom. The molecule has 0 aromatic carbocycles. The molecule has 0 unspecified atom stereocenters. The molecule has 0 amide bonds. The van der Waals surface area contributed by atoms with Crippen LogP contribution < -0.4 is 29.6 Å². The molecule has 0 atom stereocenters. The second kappa shape index (κ2) is 5.15. The fourth-order valence-corrected chi connectivity index (χ4v) is 0.0356. The zero-order chi connectivity index (χ0) is 5.86. The van der Waals surface area contributed by atoms with Crippen LogP contribution in [-0.4, -0.2) is 25.0 Å². The number of carbonyl (C=O) groups is 2. The summed E-state index contributed by atoms with van der Waals surface area (Å²) in [4.78, 5) is 19.2. The third-order valence-corrected chi connectivity index (χ3v) is 0.129. The summed E-state index contributed by atoms with van der Waals surface area (Å²) >= 11 is 0. The molecule has 0 aromatic rings. The second-order valence-electron chi connectivity index (χ2n) is 0.451. The van der Waals surface area contributed by atoms with E-state index >= 15 is 0 Å². The minimum atomic E-state index is -1.50. The fraction of sp³-hybridized carbons (Fsp3) is 0. The zero-order valence-corrected chi connectivity index (χ0v) is 5.67. The Kier molecular flexibility index (Phi) is 7.01. The first kappa shape index (κ1) is 10.9. The molecule has 0 fully saturated rings. The number of carbonyl (C=O) groups excluding carboxylic acids is 1. The van der Waals surface area contributed by atoms with Gasteiger partial charge in [0.1, 0.15) is 5.87 Å². The average Bonchev–Trinajstić information content (AvgIpc) is 1.27. The Bertz CT molecular complexity index is 90.2. The summed E-state index contributed by atoms with van der Waals surface area (Å²) < 4.78 is 3.64. The van der Waals surface area contributed by atoms with Gasteiger partial charge < -0.3 is 14.6 Å². The molecule has 0 spiro atoms. The van der Waals surface area contributed by atoms with Gasteiger partial charge in [0.2, 0.25) is 0 Å². The summed E-state index contributed by atoms with van der Waals surface area (Å²) in [6, 6.07) is 0. The first-order chi connectivity index (χ1) is 3.13. The molecule has 0 bridgehead atoms. The molecular formula is C2H4BNaO4. The van der Waals surface area contributed by atoms with Gasteiger partial charge in [-0.15, -0.1) is 0 Å². The van der Waals surface area contributed by atoms with E-state index in [1.807, 2.05) is 0 Å². The van der Waals surface area contributed by atoms with Gasteiger partial charge in [-0.05, 0) is 0 Å². The van der Waals surface area contributed by atoms with Gasteiger partial charge in [0.05, 0.1) is 7.85 Å². The van der Waals surface area contributed by atoms with Crippen molar-refractivity contribution < 1.29 is 49.0 Å². The van der Waals surface area contributed by atoms with Crippen LogP contribution >= 0.6 is 0 Å². The van der Waals surface area contributed by atoms with Gasteiger partial charge in [0, 0.05) is 0 Å². The van der Waals surface area contributed by atoms with Gasteiger partial charge in [-0.3, -0.25) is 0 Å². The molecule has 4 nitrogen and oxygen atoms in total. The number of rotatable bonds is 0. The van der Waals surface area contributed by atoms with Gasteiger partial charge >= 0.3 is 35.7 Å². The largest absolute Gasteiger partial charge is 1.00 e. The number of carboxylic acid groups (broad SMARTS) is 1. The molecule has 0 aliphatic heterocycles. The van der Waals surface area contributed by atoms with Gasteiger partial charge in [-0.2, -0.15) is 0 Å². The summed E-state index contributed by atoms with van der Waals surface area (Å²) in [5, 5.41) is 7.68. The molecule has 0 saturated heterocycles. The Morgan fingerprint density at radius 2 is 1.88 bits per heavy atom. The second-order valence-corrected chi connectivity index (χ2v) is 0.451. The summed E-state index contributed by atoms with van der Waals surface area (Å²) in [6.07, 6.45) is -1.50. The zero-order valence-electron chi connectivity index (χ0n) is 3.67. The standard InChI is InChI=1S/C2H4BO4.Na/c3-1(4)7-2(5)6;/h3H3,(H,5,6);/q-1;+1. The van der Waals surface area contributed by atoms with E-state index in [9.17, 15) is 9.59 Å². The van der Waals surface area contributed by atoms with E-state index in [0.29, 0.717) is 0 Å². The maximum absolute atomic E-state index is 9.76. The Balaban J connectivity index is 0. The summed E-state index contributed by atoms with van der Waals surface area (Å²) in [6.45, 7) is 0. The average molecular weight is 126 g/mol. The number of hydrogen-bond acceptors (Lipinski definition) is 3. The van der Waals surface area contributed by atoms with Crippen LogP contribution in [0, 0.1) is 0 Å². The molecule has 0 rings (SSSR count). The van der Waals surface area contributed by atoms with E-state index < -0.39 is 19.9 Å². The third kappa shape index (κ3) is 9.38. The molecule has 1 N–H and O–H groups in total. The normalized spacial score (nSPS) is 6.62. The van der Waals surface area contributed by atoms with E-state index in [1.54, 1.807) is 0 Å². The van der Waals surface area contributed by atoms with Crippen LogP contribution in [0.15, 0.2) is 0 Å². The van der Waals surface area contributed by atoms with E-state index in [4.69, 9.17) is 5.11 Å². The molecule has 0 aromatic heterocycles. The topological polar surface area (TPSA) is 63.6 Å². The molecule has 8 heavy (non-hydrogen) atoms. The van der Waals surface area contributed by atoms with Gasteiger partial charge in [-0.1, -0.05) is 0 Å². The van der Waals surface area contributed by atoms with Crippen molar-refractivity contribution in [3.05, 3.63) is 0 Å². The van der Waals surface area contributed by atoms with Crippen molar-refractivity contribution >= 4 is 19.9 Å². The maximum Gasteiger partial charge on any atom is 1.00 e. The van der Waals surface area contributed by atoms with Crippen LogP contribution in [0.2, 0.25) is 0 Å². The van der Waals surface area contributed by atoms with E-state index in [0.717, 1.165) is 0 Å². The van der Waals surface area contributed by atoms with Crippen molar-refractivity contribution in [3.8, 4) is 0 Å². The predicted octanol–water partition coefficient (Wildman–Crippen LogP) is -3.83. The van der Waals surface area contributed by atoms with Crippen molar-refractivity contribution in [2.24, 2.45) is 0 Å². The van der Waals surface area contributed by atoms with Crippen molar-refractivity contribution in [3.63, 3.8) is 0 Å². The van der Waals surface area contributed by atoms with E-state index in [2.05, 4.69) is 4.74 Å². The van der Waals surface area contributed by atoms with E-state index in [1.165, 1.54) is 0 Å². The molecule has 0 saturated carbocycles. The van der Waals surface area contributed by atoms with Crippen molar-refractivity contribution in [2.45, 2.75) is 0 Å². The molecule has 0 aliphatic rings. The van der Waals surface area contributed by atoms with Crippen molar-refractivity contribution in [1.82, 2.24) is 0 Å². The van der Waals surface area contributed by atoms with Crippen LogP contribution in [0.5, 0.6) is 0 Å². The van der Waals surface area contributed by atoms with Crippen LogP contribution in [0.1, 0.15) is 0 Å². The van der Waals surface area contributed by atoms with Crippen LogP contribution in [0.25, 0.3) is 0 Å². The first-order valence-corrected chi connectivity index (χ1v) is 1.04. The quantitative estimate of drug-likeness (QED) is 0.205. The number of ether oxygens (including phenoxy) is 1. The van der Waals surface area contributed by atoms with Gasteiger partial charge in [-0.25, -0.2) is 4.79 Å². The van der Waals surface area contributed by atoms with Crippen molar-refractivity contribution in [2.75, 3.05) is 0 Å². The summed E-state index contributed by atoms with van der Waals surface area (Å²) in [5.41, 5.74) is 0. The monoisotopic (exact) mass is 126 g/mol. The molecule has 0 aliphatic carbocycles. The predicted molar refractivity (Wildman–Crippen MR) is 24.4 cm³/mol. The van der Waals surface area contributed by atoms with Gasteiger partial charge in [0.15, 0.2) is 0 Å². The van der Waals surface area contributed by atoms with Crippen molar-refractivity contribution in [1.29, 1.82) is 0 Å². The molecule has 0 radical (unpaired) electrons. The third-order valence-electron chi connectivity index (χ3n) is 0.129. The minimum absolute atomic E-state index is 0. The molecule has 40 valence electrons. The Morgan fingerprint density at radius 1 is 1.50 bits per heavy atom. The first-order valence-electron chi connectivity index (χ1n) is 1.04. The Hall–Kier alpha value is 0.00494. The molecule has 0 heterocycles. The summed E-state index contributed by atoms with van der Waals surface area (Å²) in [7, 11) is -0.593. The van der Waals surface area contributed by atoms with Crippen LogP contribution in [-0.2, 0) is 4.74 Å². The maximum atomic E-state index is 9.76. The summed E-state index contributed by atoms with van der Waals surface area (Å²) in [5.74, 6) is -0.562. The number of hydrogen-bond donors (Lipinski definition) is 1. The Labute approximate surface area is 68.9 Å². The van der Waals surface area contributed by atoms with Crippen LogP contribution in [0.4, 0.5) is 9.59 Å². The SMILES string of the molecule is [BH3-]C(=O)OC(=O)O.[Na+]. The molecular weight excluding hydrogens is 122 g/mol. The smallest absolute Gasteiger partial charge is 0.449 e. The molecule has 6 heteroatoms. The fourth-order valence-electron chi connectivity index (χ4n) is 0.0356. The minimum Gasteiger partial charge on any atom is -0.449 e. The van der Waals surface area contributed by atoms with Crippen LogP contribution in [0.3, 0.4) is 0 Å². The van der Waals surface area contributed by atoms with Gasteiger partial charge in [0.25, 0.3) is 0 Å². The van der Waals surface area contributed by atoms with E-state index in [-0.39, 0.29) is 29.6 Å².